The number of hydrogen-bond donors (Lipinski definition) is 2. The molecule has 0 spiro atoms. The van der Waals surface area contributed by atoms with E-state index >= 15 is 0 Å². The van der Waals surface area contributed by atoms with Crippen LogP contribution in [0.25, 0.3) is 0 Å². The van der Waals surface area contributed by atoms with E-state index in [1.165, 1.54) is 11.1 Å². The van der Waals surface area contributed by atoms with Crippen LogP contribution in [0, 0.1) is 0 Å². The first-order chi connectivity index (χ1) is 8.31. The number of nitrogens with two attached hydrogens (primary N) is 1. The van der Waals surface area contributed by atoms with Crippen LogP contribution in [0.15, 0.2) is 36.9 Å². The highest BCUT2D eigenvalue weighted by atomic mass is 16.5. The molecular formula is C14H22N2O. The van der Waals surface area contributed by atoms with Crippen LogP contribution in [0.3, 0.4) is 0 Å². The van der Waals surface area contributed by atoms with Crippen molar-refractivity contribution in [3.8, 4) is 0 Å². The summed E-state index contributed by atoms with van der Waals surface area (Å²) in [6.45, 7) is 5.84. The molecule has 0 fully saturated rings. The summed E-state index contributed by atoms with van der Waals surface area (Å²) in [6, 6.07) is 8.54. The highest BCUT2D eigenvalue weighted by Crippen LogP contribution is 2.14. The molecule has 1 rings (SSSR count). The van der Waals surface area contributed by atoms with Gasteiger partial charge in [-0.05, 0) is 24.1 Å². The summed E-state index contributed by atoms with van der Waals surface area (Å²) >= 11 is 0. The molecule has 0 aliphatic heterocycles. The summed E-state index contributed by atoms with van der Waals surface area (Å²) in [7, 11) is 1.70. The van der Waals surface area contributed by atoms with Crippen LogP contribution in [-0.2, 0) is 11.3 Å². The average molecular weight is 234 g/mol. The first kappa shape index (κ1) is 13.9. The molecule has 3 N–H and O–H groups in total. The molecule has 0 amide bonds. The van der Waals surface area contributed by atoms with Gasteiger partial charge in [-0.3, -0.25) is 0 Å². The van der Waals surface area contributed by atoms with Gasteiger partial charge < -0.3 is 15.8 Å². The standard InChI is InChI=1S/C14H22N2O/c1-3-4-8-16-14(10-15)13-7-5-6-12(9-13)11-17-2/h3,5-7,9,14,16H,1,4,8,10-11,15H2,2H3. The molecule has 3 nitrogen and oxygen atoms in total. The van der Waals surface area contributed by atoms with E-state index in [1.54, 1.807) is 7.11 Å². The lowest BCUT2D eigenvalue weighted by atomic mass is 10.0. The largest absolute Gasteiger partial charge is 0.380 e. The molecular weight excluding hydrogens is 212 g/mol. The van der Waals surface area contributed by atoms with Crippen LogP contribution in [0.1, 0.15) is 23.6 Å². The summed E-state index contributed by atoms with van der Waals surface area (Å²) in [5.74, 6) is 0. The van der Waals surface area contributed by atoms with Crippen molar-refractivity contribution in [3.05, 3.63) is 48.0 Å². The molecule has 0 aromatic heterocycles. The molecule has 1 unspecified atom stereocenters. The Bertz CT molecular complexity index is 339. The van der Waals surface area contributed by atoms with Gasteiger partial charge in [0.2, 0.25) is 0 Å². The zero-order valence-electron chi connectivity index (χ0n) is 10.5. The maximum absolute atomic E-state index is 5.79. The van der Waals surface area contributed by atoms with Crippen LogP contribution in [0.2, 0.25) is 0 Å². The molecule has 0 bridgehead atoms. The Morgan fingerprint density at radius 3 is 3.00 bits per heavy atom. The second kappa shape index (κ2) is 8.01. The van der Waals surface area contributed by atoms with Gasteiger partial charge in [0, 0.05) is 19.7 Å². The lowest BCUT2D eigenvalue weighted by Gasteiger charge is -2.17. The first-order valence-electron chi connectivity index (χ1n) is 5.94. The van der Waals surface area contributed by atoms with Crippen molar-refractivity contribution >= 4 is 0 Å². The van der Waals surface area contributed by atoms with Gasteiger partial charge in [0.25, 0.3) is 0 Å². The van der Waals surface area contributed by atoms with E-state index in [2.05, 4.69) is 30.1 Å². The van der Waals surface area contributed by atoms with Gasteiger partial charge in [0.05, 0.1) is 6.61 Å². The van der Waals surface area contributed by atoms with E-state index in [-0.39, 0.29) is 6.04 Å². The second-order valence-electron chi connectivity index (χ2n) is 4.00. The minimum Gasteiger partial charge on any atom is -0.380 e. The maximum Gasteiger partial charge on any atom is 0.0713 e. The molecule has 1 aromatic carbocycles. The van der Waals surface area contributed by atoms with Gasteiger partial charge in [-0.1, -0.05) is 30.3 Å². The third-order valence-electron chi connectivity index (χ3n) is 2.64. The zero-order chi connectivity index (χ0) is 12.5. The molecule has 1 atom stereocenters. The van der Waals surface area contributed by atoms with Crippen molar-refractivity contribution in [1.82, 2.24) is 5.32 Å². The van der Waals surface area contributed by atoms with Crippen molar-refractivity contribution in [2.45, 2.75) is 19.1 Å². The van der Waals surface area contributed by atoms with Gasteiger partial charge in [-0.2, -0.15) is 0 Å². The fraction of sp³-hybridized carbons (Fsp3) is 0.429. The molecule has 0 aliphatic carbocycles. The molecule has 0 heterocycles. The van der Waals surface area contributed by atoms with Gasteiger partial charge in [-0.15, -0.1) is 6.58 Å². The monoisotopic (exact) mass is 234 g/mol. The summed E-state index contributed by atoms with van der Waals surface area (Å²) in [5, 5.41) is 3.42. The molecule has 1 aromatic rings. The predicted molar refractivity (Wildman–Crippen MR) is 71.8 cm³/mol. The molecule has 94 valence electrons. The summed E-state index contributed by atoms with van der Waals surface area (Å²) in [6.07, 6.45) is 2.86. The number of ether oxygens (including phenoxy) is 1. The molecule has 0 aliphatic rings. The van der Waals surface area contributed by atoms with Crippen LogP contribution in [0.5, 0.6) is 0 Å². The lowest BCUT2D eigenvalue weighted by Crippen LogP contribution is -2.28. The lowest BCUT2D eigenvalue weighted by molar-refractivity contribution is 0.185. The number of benzene rings is 1. The first-order valence-corrected chi connectivity index (χ1v) is 5.94. The smallest absolute Gasteiger partial charge is 0.0713 e. The van der Waals surface area contributed by atoms with Gasteiger partial charge in [0.15, 0.2) is 0 Å². The number of rotatable bonds is 8. The van der Waals surface area contributed by atoms with Gasteiger partial charge in [-0.25, -0.2) is 0 Å². The third kappa shape index (κ3) is 4.69. The van der Waals surface area contributed by atoms with E-state index in [9.17, 15) is 0 Å². The van der Waals surface area contributed by atoms with Crippen LogP contribution >= 0.6 is 0 Å². The molecule has 3 heteroatoms. The SMILES string of the molecule is C=CCCNC(CN)c1cccc(COC)c1. The van der Waals surface area contributed by atoms with Crippen molar-refractivity contribution in [1.29, 1.82) is 0 Å². The van der Waals surface area contributed by atoms with Crippen LogP contribution in [0.4, 0.5) is 0 Å². The van der Waals surface area contributed by atoms with E-state index < -0.39 is 0 Å². The predicted octanol–water partition coefficient (Wildman–Crippen LogP) is 2.00. The van der Waals surface area contributed by atoms with Crippen LogP contribution < -0.4 is 11.1 Å². The number of methoxy groups -OCH3 is 1. The highest BCUT2D eigenvalue weighted by Gasteiger charge is 2.08. The quantitative estimate of drug-likeness (QED) is 0.534. The topological polar surface area (TPSA) is 47.3 Å². The Kier molecular flexibility index (Phi) is 6.55. The number of nitrogens with one attached hydrogen (secondary N) is 1. The van der Waals surface area contributed by atoms with E-state index in [4.69, 9.17) is 10.5 Å². The van der Waals surface area contributed by atoms with Crippen LogP contribution in [-0.4, -0.2) is 20.2 Å². The Labute approximate surface area is 104 Å². The summed E-state index contributed by atoms with van der Waals surface area (Å²) in [4.78, 5) is 0. The van der Waals surface area contributed by atoms with Crippen molar-refractivity contribution in [2.75, 3.05) is 20.2 Å². The normalized spacial score (nSPS) is 12.4. The molecule has 0 saturated heterocycles. The minimum atomic E-state index is 0.201. The van der Waals surface area contributed by atoms with E-state index in [0.29, 0.717) is 13.2 Å². The number of hydrogen-bond acceptors (Lipinski definition) is 3. The Morgan fingerprint density at radius 1 is 1.53 bits per heavy atom. The Balaban J connectivity index is 2.66. The Hall–Kier alpha value is -1.16. The summed E-state index contributed by atoms with van der Waals surface area (Å²) in [5.41, 5.74) is 8.18. The van der Waals surface area contributed by atoms with Crippen molar-refractivity contribution in [2.24, 2.45) is 5.73 Å². The van der Waals surface area contributed by atoms with Crippen molar-refractivity contribution in [3.63, 3.8) is 0 Å². The minimum absolute atomic E-state index is 0.201. The fourth-order valence-corrected chi connectivity index (χ4v) is 1.76. The molecule has 0 saturated carbocycles. The van der Waals surface area contributed by atoms with Gasteiger partial charge in [0.1, 0.15) is 0 Å². The average Bonchev–Trinajstić information content (AvgIpc) is 2.35. The summed E-state index contributed by atoms with van der Waals surface area (Å²) < 4.78 is 5.13. The zero-order valence-corrected chi connectivity index (χ0v) is 10.5. The van der Waals surface area contributed by atoms with Gasteiger partial charge >= 0.3 is 0 Å². The van der Waals surface area contributed by atoms with E-state index in [0.717, 1.165) is 13.0 Å². The van der Waals surface area contributed by atoms with E-state index in [1.807, 2.05) is 12.1 Å². The highest BCUT2D eigenvalue weighted by molar-refractivity contribution is 5.26. The molecule has 0 radical (unpaired) electrons. The second-order valence-corrected chi connectivity index (χ2v) is 4.00. The Morgan fingerprint density at radius 2 is 2.35 bits per heavy atom. The fourth-order valence-electron chi connectivity index (χ4n) is 1.76. The maximum atomic E-state index is 5.79. The van der Waals surface area contributed by atoms with Crippen molar-refractivity contribution < 1.29 is 4.74 Å². The molecule has 17 heavy (non-hydrogen) atoms. The third-order valence-corrected chi connectivity index (χ3v) is 2.64.